The smallest absolute Gasteiger partial charge is 0.168 e. The summed E-state index contributed by atoms with van der Waals surface area (Å²) in [6.07, 6.45) is 4.38. The minimum Gasteiger partial charge on any atom is -1.00 e. The number of nitrogens with zero attached hydrogens (tertiary/aromatic N) is 1. The quantitative estimate of drug-likeness (QED) is 0.604. The zero-order valence-electron chi connectivity index (χ0n) is 13.3. The van der Waals surface area contributed by atoms with Crippen molar-refractivity contribution >= 4 is 0 Å². The molecule has 1 unspecified atom stereocenters. The maximum atomic E-state index is 11.6. The molecule has 1 N–H and O–H groups in total. The van der Waals surface area contributed by atoms with Gasteiger partial charge in [0.05, 0.1) is 0 Å². The summed E-state index contributed by atoms with van der Waals surface area (Å²) in [5.41, 5.74) is 1.55. The Morgan fingerprint density at radius 3 is 2.29 bits per heavy atom. The van der Waals surface area contributed by atoms with E-state index in [0.29, 0.717) is 12.2 Å². The number of aromatic nitrogens is 1. The van der Waals surface area contributed by atoms with Gasteiger partial charge in [-0.15, -0.1) is 0 Å². The lowest BCUT2D eigenvalue weighted by molar-refractivity contribution is -0.671. The monoisotopic (exact) mass is 383 g/mol. The van der Waals surface area contributed by atoms with Crippen LogP contribution >= 0.6 is 0 Å². The van der Waals surface area contributed by atoms with Crippen LogP contribution in [0, 0.1) is 0 Å². The summed E-state index contributed by atoms with van der Waals surface area (Å²) in [5.74, 6) is 1.51. The first-order chi connectivity index (χ1) is 11.2. The summed E-state index contributed by atoms with van der Waals surface area (Å²) in [6.45, 7) is 0. The van der Waals surface area contributed by atoms with Crippen molar-refractivity contribution in [2.75, 3.05) is 0 Å². The molecule has 4 rings (SSSR count). The third kappa shape index (κ3) is 2.72. The van der Waals surface area contributed by atoms with Crippen molar-refractivity contribution in [3.8, 4) is 11.5 Å². The number of fused-ring (bicyclic) bond motifs is 2. The molecule has 3 nitrogen and oxygen atoms in total. The number of aryl methyl sites for hydroxylation is 1. The van der Waals surface area contributed by atoms with E-state index in [9.17, 15) is 5.11 Å². The molecule has 0 aliphatic carbocycles. The second-order valence-corrected chi connectivity index (χ2v) is 6.00. The van der Waals surface area contributed by atoms with Crippen LogP contribution in [0.1, 0.15) is 16.7 Å². The number of para-hydroxylation sites is 2. The van der Waals surface area contributed by atoms with Gasteiger partial charge < -0.3 is 26.8 Å². The molecule has 2 aromatic carbocycles. The van der Waals surface area contributed by atoms with Gasteiger partial charge in [0, 0.05) is 29.7 Å². The number of rotatable bonds is 1. The van der Waals surface area contributed by atoms with E-state index in [1.165, 1.54) is 0 Å². The fourth-order valence-electron chi connectivity index (χ4n) is 3.17. The summed E-state index contributed by atoms with van der Waals surface area (Å²) >= 11 is 0. The topological polar surface area (TPSA) is 33.3 Å². The van der Waals surface area contributed by atoms with Crippen molar-refractivity contribution in [3.05, 3.63) is 89.7 Å². The number of pyridine rings is 1. The van der Waals surface area contributed by atoms with Gasteiger partial charge in [0.15, 0.2) is 12.4 Å². The summed E-state index contributed by atoms with van der Waals surface area (Å²) in [7, 11) is 1.97. The van der Waals surface area contributed by atoms with E-state index >= 15 is 0 Å². The van der Waals surface area contributed by atoms with Crippen molar-refractivity contribution in [2.45, 2.75) is 12.0 Å². The van der Waals surface area contributed by atoms with Gasteiger partial charge in [0.25, 0.3) is 0 Å². The highest BCUT2D eigenvalue weighted by molar-refractivity contribution is 5.52. The molecular formula is C20H18BrNO2. The molecule has 0 saturated carbocycles. The molecule has 0 spiro atoms. The summed E-state index contributed by atoms with van der Waals surface area (Å²) in [6, 6.07) is 19.5. The lowest BCUT2D eigenvalue weighted by Gasteiger charge is -2.28. The maximum Gasteiger partial charge on any atom is 0.168 e. The van der Waals surface area contributed by atoms with Crippen LogP contribution in [0.3, 0.4) is 0 Å². The molecular weight excluding hydrogens is 366 g/mol. The molecule has 0 saturated heterocycles. The van der Waals surface area contributed by atoms with Crippen molar-refractivity contribution in [2.24, 2.45) is 7.05 Å². The third-order valence-corrected chi connectivity index (χ3v) is 4.43. The molecule has 1 atom stereocenters. The predicted molar refractivity (Wildman–Crippen MR) is 87.3 cm³/mol. The highest BCUT2D eigenvalue weighted by atomic mass is 79.9. The van der Waals surface area contributed by atoms with Crippen molar-refractivity contribution < 1.29 is 31.4 Å². The Morgan fingerprint density at radius 2 is 1.54 bits per heavy atom. The van der Waals surface area contributed by atoms with Crippen LogP contribution in [-0.2, 0) is 19.1 Å². The highest BCUT2D eigenvalue weighted by Crippen LogP contribution is 2.44. The third-order valence-electron chi connectivity index (χ3n) is 4.43. The van der Waals surface area contributed by atoms with E-state index in [0.717, 1.165) is 22.4 Å². The molecule has 0 fully saturated rings. The van der Waals surface area contributed by atoms with Gasteiger partial charge in [-0.3, -0.25) is 0 Å². The Kier molecular flexibility index (Phi) is 4.43. The van der Waals surface area contributed by atoms with Crippen molar-refractivity contribution in [3.63, 3.8) is 0 Å². The number of halogens is 1. The lowest BCUT2D eigenvalue weighted by atomic mass is 9.81. The number of benzene rings is 2. The van der Waals surface area contributed by atoms with Crippen LogP contribution in [-0.4, -0.2) is 5.11 Å². The molecule has 1 aliphatic heterocycles. The van der Waals surface area contributed by atoms with E-state index in [2.05, 4.69) is 0 Å². The average Bonchev–Trinajstić information content (AvgIpc) is 2.70. The second kappa shape index (κ2) is 6.38. The SMILES string of the molecule is C[n+]1ccc(C2(O)Cc3ccccc3Oc3ccccc32)cc1.[Br-]. The maximum absolute atomic E-state index is 11.6. The zero-order valence-corrected chi connectivity index (χ0v) is 14.9. The van der Waals surface area contributed by atoms with Gasteiger partial charge in [-0.1, -0.05) is 36.4 Å². The van der Waals surface area contributed by atoms with Gasteiger partial charge in [-0.25, -0.2) is 4.57 Å². The first-order valence-corrected chi connectivity index (χ1v) is 7.70. The minimum absolute atomic E-state index is 0. The van der Waals surface area contributed by atoms with Gasteiger partial charge in [0.1, 0.15) is 24.1 Å². The van der Waals surface area contributed by atoms with E-state index in [1.54, 1.807) is 0 Å². The second-order valence-electron chi connectivity index (χ2n) is 6.00. The van der Waals surface area contributed by atoms with Crippen LogP contribution < -0.4 is 26.3 Å². The Morgan fingerprint density at radius 1 is 0.917 bits per heavy atom. The van der Waals surface area contributed by atoms with Crippen LogP contribution in [0.2, 0.25) is 0 Å². The van der Waals surface area contributed by atoms with E-state index in [1.807, 2.05) is 84.7 Å². The average molecular weight is 384 g/mol. The van der Waals surface area contributed by atoms with Gasteiger partial charge in [-0.2, -0.15) is 0 Å². The molecule has 122 valence electrons. The molecule has 1 aliphatic rings. The Hall–Kier alpha value is -2.17. The van der Waals surface area contributed by atoms with Gasteiger partial charge >= 0.3 is 0 Å². The molecule has 0 amide bonds. The fourth-order valence-corrected chi connectivity index (χ4v) is 3.17. The molecule has 0 radical (unpaired) electrons. The summed E-state index contributed by atoms with van der Waals surface area (Å²) in [4.78, 5) is 0. The summed E-state index contributed by atoms with van der Waals surface area (Å²) in [5, 5.41) is 11.6. The summed E-state index contributed by atoms with van der Waals surface area (Å²) < 4.78 is 8.04. The van der Waals surface area contributed by atoms with Crippen LogP contribution in [0.4, 0.5) is 0 Å². The number of aliphatic hydroxyl groups is 1. The van der Waals surface area contributed by atoms with Crippen molar-refractivity contribution in [1.82, 2.24) is 0 Å². The first kappa shape index (κ1) is 16.7. The van der Waals surface area contributed by atoms with Crippen LogP contribution in [0.15, 0.2) is 73.1 Å². The Bertz CT molecular complexity index is 864. The number of ether oxygens (including phenoxy) is 1. The molecule has 24 heavy (non-hydrogen) atoms. The van der Waals surface area contributed by atoms with Crippen LogP contribution in [0.5, 0.6) is 11.5 Å². The Balaban J connectivity index is 0.00000169. The standard InChI is InChI=1S/C20H18NO2.BrH/c1-21-12-10-16(11-13-21)20(22)14-15-6-2-4-8-18(15)23-19-9-5-3-7-17(19)20;/h2-13,22H,14H2,1H3;1H/q+1;/p-1. The predicted octanol–water partition coefficient (Wildman–Crippen LogP) is 0.0994. The van der Waals surface area contributed by atoms with Crippen LogP contribution in [0.25, 0.3) is 0 Å². The lowest BCUT2D eigenvalue weighted by Crippen LogP contribution is -3.00. The molecule has 2 heterocycles. The number of hydrogen-bond donors (Lipinski definition) is 1. The normalized spacial score (nSPS) is 18.4. The minimum atomic E-state index is -1.11. The van der Waals surface area contributed by atoms with Gasteiger partial charge in [0.2, 0.25) is 0 Å². The molecule has 4 heteroatoms. The zero-order chi connectivity index (χ0) is 15.9. The van der Waals surface area contributed by atoms with E-state index in [-0.39, 0.29) is 17.0 Å². The molecule has 3 aromatic rings. The van der Waals surface area contributed by atoms with Crippen molar-refractivity contribution in [1.29, 1.82) is 0 Å². The number of hydrogen-bond acceptors (Lipinski definition) is 2. The van der Waals surface area contributed by atoms with E-state index in [4.69, 9.17) is 4.74 Å². The van der Waals surface area contributed by atoms with E-state index < -0.39 is 5.60 Å². The molecule has 0 bridgehead atoms. The Labute approximate surface area is 151 Å². The largest absolute Gasteiger partial charge is 1.00 e. The fraction of sp³-hybridized carbons (Fsp3) is 0.150. The first-order valence-electron chi connectivity index (χ1n) is 7.70. The van der Waals surface area contributed by atoms with Gasteiger partial charge in [-0.05, 0) is 17.7 Å². The molecule has 1 aromatic heterocycles. The highest BCUT2D eigenvalue weighted by Gasteiger charge is 2.38.